The quantitative estimate of drug-likeness (QED) is 0.558. The molecule has 0 saturated carbocycles. The molecule has 5 nitrogen and oxygen atoms in total. The number of amides is 1. The maximum Gasteiger partial charge on any atom is 0.255 e. The Kier molecular flexibility index (Phi) is 7.03. The zero-order valence-corrected chi connectivity index (χ0v) is 17.5. The van der Waals surface area contributed by atoms with E-state index in [1.807, 2.05) is 60.7 Å². The zero-order valence-electron chi connectivity index (χ0n) is 16.7. The molecule has 0 radical (unpaired) electrons. The van der Waals surface area contributed by atoms with Gasteiger partial charge in [0, 0.05) is 17.8 Å². The number of carbonyl (C=O) groups is 1. The van der Waals surface area contributed by atoms with Crippen LogP contribution in [0.25, 0.3) is 6.08 Å². The van der Waals surface area contributed by atoms with Crippen LogP contribution in [0.5, 0.6) is 0 Å². The minimum Gasteiger partial charge on any atom is -0.351 e. The predicted octanol–water partition coefficient (Wildman–Crippen LogP) is 4.63. The number of hydrogen-bond donors (Lipinski definition) is 2. The third-order valence-corrected chi connectivity index (χ3v) is 5.60. The third-order valence-electron chi connectivity index (χ3n) is 4.58. The van der Waals surface area contributed by atoms with Gasteiger partial charge in [0.05, 0.1) is 5.41 Å². The fourth-order valence-corrected chi connectivity index (χ4v) is 3.74. The van der Waals surface area contributed by atoms with Crippen molar-refractivity contribution in [3.05, 3.63) is 107 Å². The first-order chi connectivity index (χ1) is 14.4. The van der Waals surface area contributed by atoms with Crippen molar-refractivity contribution in [2.45, 2.75) is 12.8 Å². The molecule has 0 bridgehead atoms. The highest BCUT2D eigenvalue weighted by atomic mass is 32.2. The minimum absolute atomic E-state index is 0.192. The van der Waals surface area contributed by atoms with Crippen molar-refractivity contribution in [2.24, 2.45) is 0 Å². The van der Waals surface area contributed by atoms with E-state index >= 15 is 0 Å². The molecule has 0 aromatic heterocycles. The Morgan fingerprint density at radius 2 is 1.50 bits per heavy atom. The molecule has 0 aliphatic heterocycles. The summed E-state index contributed by atoms with van der Waals surface area (Å²) in [6, 6.07) is 25.5. The minimum atomic E-state index is -3.65. The molecular formula is C24H24N2O3S. The van der Waals surface area contributed by atoms with Gasteiger partial charge < -0.3 is 5.32 Å². The number of sulfonamides is 1. The molecule has 0 aliphatic rings. The summed E-state index contributed by atoms with van der Waals surface area (Å²) < 4.78 is 26.9. The summed E-state index contributed by atoms with van der Waals surface area (Å²) in [5, 5.41) is 4.03. The van der Waals surface area contributed by atoms with Crippen LogP contribution in [0.15, 0.2) is 90.3 Å². The first kappa shape index (κ1) is 21.3. The fourth-order valence-electron chi connectivity index (χ4n) is 2.87. The van der Waals surface area contributed by atoms with Gasteiger partial charge in [-0.25, -0.2) is 8.42 Å². The molecule has 0 spiro atoms. The molecule has 1 atom stereocenters. The second-order valence-corrected chi connectivity index (χ2v) is 8.53. The van der Waals surface area contributed by atoms with Gasteiger partial charge in [-0.1, -0.05) is 67.6 Å². The molecule has 30 heavy (non-hydrogen) atoms. The van der Waals surface area contributed by atoms with Gasteiger partial charge in [0.15, 0.2) is 0 Å². The predicted molar refractivity (Wildman–Crippen MR) is 122 cm³/mol. The Hall–Kier alpha value is -3.38. The topological polar surface area (TPSA) is 75.3 Å². The third kappa shape index (κ3) is 6.32. The molecule has 3 aromatic carbocycles. The van der Waals surface area contributed by atoms with Crippen LogP contribution in [0.4, 0.5) is 5.69 Å². The summed E-state index contributed by atoms with van der Waals surface area (Å²) in [5.41, 5.74) is 2.81. The lowest BCUT2D eigenvalue weighted by Crippen LogP contribution is -2.27. The molecule has 6 heteroatoms. The van der Waals surface area contributed by atoms with Gasteiger partial charge in [0.25, 0.3) is 15.9 Å². The zero-order chi connectivity index (χ0) is 21.4. The molecule has 0 aliphatic carbocycles. The van der Waals surface area contributed by atoms with E-state index in [4.69, 9.17) is 0 Å². The normalized spacial score (nSPS) is 12.4. The molecule has 3 rings (SSSR count). The Morgan fingerprint density at radius 1 is 0.900 bits per heavy atom. The Labute approximate surface area is 177 Å². The lowest BCUT2D eigenvalue weighted by atomic mass is 10.0. The molecule has 0 unspecified atom stereocenters. The maximum atomic E-state index is 12.4. The fraction of sp³-hybridized carbons (Fsp3) is 0.125. The van der Waals surface area contributed by atoms with Gasteiger partial charge in [0.2, 0.25) is 0 Å². The molecule has 0 saturated heterocycles. The Bertz CT molecular complexity index is 1090. The van der Waals surface area contributed by atoms with E-state index in [0.717, 1.165) is 16.5 Å². The van der Waals surface area contributed by atoms with Crippen LogP contribution in [-0.2, 0) is 10.0 Å². The first-order valence-electron chi connectivity index (χ1n) is 9.62. The van der Waals surface area contributed by atoms with Crippen LogP contribution in [0, 0.1) is 0 Å². The summed E-state index contributed by atoms with van der Waals surface area (Å²) in [6.07, 6.45) is 1.53. The van der Waals surface area contributed by atoms with Crippen LogP contribution < -0.4 is 10.0 Å². The standard InChI is InChI=1S/C24H24N2O3S/c1-19(21-10-6-3-7-11-21)18-25-24(27)22-12-14-23(15-13-22)26-30(28,29)17-16-20-8-4-2-5-9-20/h2-17,19,26H,18H2,1H3,(H,25,27)/b17-16+/t19-/m1/s1. The van der Waals surface area contributed by atoms with Crippen molar-refractivity contribution in [3.63, 3.8) is 0 Å². The van der Waals surface area contributed by atoms with E-state index < -0.39 is 10.0 Å². The van der Waals surface area contributed by atoms with Crippen molar-refractivity contribution in [1.29, 1.82) is 0 Å². The van der Waals surface area contributed by atoms with Crippen LogP contribution in [0.2, 0.25) is 0 Å². The SMILES string of the molecule is C[C@H](CNC(=O)c1ccc(NS(=O)(=O)/C=C/c2ccccc2)cc1)c1ccccc1. The largest absolute Gasteiger partial charge is 0.351 e. The van der Waals surface area contributed by atoms with E-state index in [-0.39, 0.29) is 11.8 Å². The summed E-state index contributed by atoms with van der Waals surface area (Å²) >= 11 is 0. The molecule has 154 valence electrons. The Balaban J connectivity index is 1.56. The maximum absolute atomic E-state index is 12.4. The summed E-state index contributed by atoms with van der Waals surface area (Å²) in [7, 11) is -3.65. The van der Waals surface area contributed by atoms with E-state index in [9.17, 15) is 13.2 Å². The van der Waals surface area contributed by atoms with E-state index in [1.165, 1.54) is 6.08 Å². The number of rotatable bonds is 8. The molecule has 1 amide bonds. The highest BCUT2D eigenvalue weighted by molar-refractivity contribution is 7.95. The van der Waals surface area contributed by atoms with Crippen molar-refractivity contribution in [3.8, 4) is 0 Å². The highest BCUT2D eigenvalue weighted by Gasteiger charge is 2.11. The molecule has 0 heterocycles. The molecular weight excluding hydrogens is 396 g/mol. The molecule has 2 N–H and O–H groups in total. The number of carbonyl (C=O) groups excluding carboxylic acids is 1. The van der Waals surface area contributed by atoms with E-state index in [0.29, 0.717) is 17.8 Å². The number of benzene rings is 3. The van der Waals surface area contributed by atoms with Crippen molar-refractivity contribution in [2.75, 3.05) is 11.3 Å². The monoisotopic (exact) mass is 420 g/mol. The van der Waals surface area contributed by atoms with Gasteiger partial charge in [0.1, 0.15) is 0 Å². The van der Waals surface area contributed by atoms with Crippen LogP contribution >= 0.6 is 0 Å². The second-order valence-electron chi connectivity index (χ2n) is 6.96. The van der Waals surface area contributed by atoms with Gasteiger partial charge >= 0.3 is 0 Å². The molecule has 0 fully saturated rings. The lowest BCUT2D eigenvalue weighted by molar-refractivity contribution is 0.0951. The van der Waals surface area contributed by atoms with Crippen LogP contribution in [0.3, 0.4) is 0 Å². The van der Waals surface area contributed by atoms with Gasteiger partial charge in [-0.05, 0) is 47.4 Å². The Morgan fingerprint density at radius 3 is 2.13 bits per heavy atom. The van der Waals surface area contributed by atoms with E-state index in [1.54, 1.807) is 24.3 Å². The van der Waals surface area contributed by atoms with Crippen molar-refractivity contribution >= 4 is 27.7 Å². The first-order valence-corrected chi connectivity index (χ1v) is 11.2. The molecule has 3 aromatic rings. The lowest BCUT2D eigenvalue weighted by Gasteiger charge is -2.13. The summed E-state index contributed by atoms with van der Waals surface area (Å²) in [4.78, 5) is 12.4. The van der Waals surface area contributed by atoms with E-state index in [2.05, 4.69) is 17.0 Å². The number of hydrogen-bond acceptors (Lipinski definition) is 3. The smallest absolute Gasteiger partial charge is 0.255 e. The number of anilines is 1. The summed E-state index contributed by atoms with van der Waals surface area (Å²) in [5.74, 6) is -0.00574. The average Bonchev–Trinajstić information content (AvgIpc) is 2.77. The van der Waals surface area contributed by atoms with Gasteiger partial charge in [-0.2, -0.15) is 0 Å². The van der Waals surface area contributed by atoms with Gasteiger partial charge in [-0.3, -0.25) is 9.52 Å². The van der Waals surface area contributed by atoms with Gasteiger partial charge in [-0.15, -0.1) is 0 Å². The van der Waals surface area contributed by atoms with Crippen molar-refractivity contribution < 1.29 is 13.2 Å². The van der Waals surface area contributed by atoms with Crippen LogP contribution in [-0.4, -0.2) is 20.9 Å². The average molecular weight is 421 g/mol. The second kappa shape index (κ2) is 9.89. The van der Waals surface area contributed by atoms with Crippen LogP contribution in [0.1, 0.15) is 34.3 Å². The number of nitrogens with one attached hydrogen (secondary N) is 2. The highest BCUT2D eigenvalue weighted by Crippen LogP contribution is 2.15. The van der Waals surface area contributed by atoms with Crippen molar-refractivity contribution in [1.82, 2.24) is 5.32 Å². The summed E-state index contributed by atoms with van der Waals surface area (Å²) in [6.45, 7) is 2.57.